The molecule has 3 N–H and O–H groups in total. The summed E-state index contributed by atoms with van der Waals surface area (Å²) in [6.45, 7) is 3.18. The molecule has 1 saturated heterocycles. The first kappa shape index (κ1) is 26.2. The van der Waals surface area contributed by atoms with Gasteiger partial charge in [-0.1, -0.05) is 12.1 Å². The Morgan fingerprint density at radius 3 is 2.36 bits per heavy atom. The number of primary sulfonamides is 1. The monoisotopic (exact) mass is 535 g/mol. The number of nitrogens with one attached hydrogen (secondary N) is 1. The molecule has 2 heterocycles. The third-order valence-electron chi connectivity index (χ3n) is 6.21. The van der Waals surface area contributed by atoms with Crippen molar-refractivity contribution in [2.75, 3.05) is 26.3 Å². The van der Waals surface area contributed by atoms with Crippen LogP contribution in [0.3, 0.4) is 0 Å². The second kappa shape index (κ2) is 10.3. The van der Waals surface area contributed by atoms with Crippen LogP contribution in [0.5, 0.6) is 0 Å². The molecule has 0 bridgehead atoms. The molecule has 4 rings (SSSR count). The maximum absolute atomic E-state index is 13.0. The van der Waals surface area contributed by atoms with Crippen molar-refractivity contribution in [3.63, 3.8) is 0 Å². The number of nitrogens with two attached hydrogens (primary N) is 1. The smallest absolute Gasteiger partial charge is 0.243 e. The van der Waals surface area contributed by atoms with E-state index >= 15 is 0 Å². The highest BCUT2D eigenvalue weighted by molar-refractivity contribution is 7.89. The summed E-state index contributed by atoms with van der Waals surface area (Å²) in [5.74, 6) is 0.465. The number of fused-ring (bicyclic) bond motifs is 1. The van der Waals surface area contributed by atoms with Gasteiger partial charge in [0.2, 0.25) is 26.0 Å². The van der Waals surface area contributed by atoms with Gasteiger partial charge in [-0.3, -0.25) is 4.79 Å². The molecule has 1 atom stereocenters. The van der Waals surface area contributed by atoms with Gasteiger partial charge in [0.15, 0.2) is 0 Å². The van der Waals surface area contributed by atoms with Crippen molar-refractivity contribution in [1.82, 2.24) is 19.2 Å². The molecule has 1 aliphatic rings. The van der Waals surface area contributed by atoms with E-state index in [1.807, 2.05) is 11.6 Å². The summed E-state index contributed by atoms with van der Waals surface area (Å²) < 4.78 is 57.3. The van der Waals surface area contributed by atoms with E-state index in [0.29, 0.717) is 44.1 Å². The molecule has 0 spiro atoms. The number of rotatable bonds is 8. The fourth-order valence-electron chi connectivity index (χ4n) is 4.12. The first-order valence-corrected chi connectivity index (χ1v) is 14.4. The number of hydrogen-bond acceptors (Lipinski definition) is 7. The Kier molecular flexibility index (Phi) is 7.48. The standard InChI is InChI=1S/C23H29N5O6S2/c1-16(17-3-5-18(6-4-17)35(24,30)31)25-23(29)10-9-22-26-20-15-19(7-8-21(20)27(22)2)36(32,33)28-11-13-34-14-12-28/h3-8,15-16H,9-14H2,1-2H3,(H,25,29)(H2,24,30,31)/t16-/m0/s1. The van der Waals surface area contributed by atoms with E-state index in [1.165, 1.54) is 16.4 Å². The van der Waals surface area contributed by atoms with Gasteiger partial charge in [0.25, 0.3) is 0 Å². The third-order valence-corrected chi connectivity index (χ3v) is 9.04. The molecule has 1 amide bonds. The minimum atomic E-state index is -3.78. The lowest BCUT2D eigenvalue weighted by Crippen LogP contribution is -2.40. The quantitative estimate of drug-likeness (QED) is 0.437. The van der Waals surface area contributed by atoms with Crippen LogP contribution in [0.4, 0.5) is 0 Å². The number of carbonyl (C=O) groups excluding carboxylic acids is 1. The van der Waals surface area contributed by atoms with E-state index in [0.717, 1.165) is 11.1 Å². The van der Waals surface area contributed by atoms with Crippen molar-refractivity contribution < 1.29 is 26.4 Å². The SMILES string of the molecule is C[C@H](NC(=O)CCc1nc2cc(S(=O)(=O)N3CCOCC3)ccc2n1C)c1ccc(S(N)(=O)=O)cc1. The van der Waals surface area contributed by atoms with Gasteiger partial charge in [-0.05, 0) is 42.8 Å². The Balaban J connectivity index is 1.42. The molecule has 2 aromatic carbocycles. The van der Waals surface area contributed by atoms with Crippen LogP contribution < -0.4 is 10.5 Å². The number of sulfonamides is 2. The van der Waals surface area contributed by atoms with Gasteiger partial charge in [-0.15, -0.1) is 0 Å². The molecule has 0 aliphatic carbocycles. The molecule has 0 unspecified atom stereocenters. The average Bonchev–Trinajstić information content (AvgIpc) is 3.17. The van der Waals surface area contributed by atoms with Crippen LogP contribution in [0.15, 0.2) is 52.3 Å². The lowest BCUT2D eigenvalue weighted by Gasteiger charge is -2.26. The van der Waals surface area contributed by atoms with E-state index < -0.39 is 20.0 Å². The predicted octanol–water partition coefficient (Wildman–Crippen LogP) is 1.05. The van der Waals surface area contributed by atoms with E-state index in [-0.39, 0.29) is 28.2 Å². The maximum atomic E-state index is 13.0. The molecule has 1 aliphatic heterocycles. The molecule has 1 fully saturated rings. The van der Waals surface area contributed by atoms with Gasteiger partial charge in [0.05, 0.1) is 40.1 Å². The molecule has 36 heavy (non-hydrogen) atoms. The van der Waals surface area contributed by atoms with Crippen LogP contribution in [0.1, 0.15) is 30.8 Å². The Bertz CT molecular complexity index is 1480. The number of hydrogen-bond donors (Lipinski definition) is 2. The topological polar surface area (TPSA) is 154 Å². The lowest BCUT2D eigenvalue weighted by atomic mass is 10.1. The fourth-order valence-corrected chi connectivity index (χ4v) is 6.06. The second-order valence-electron chi connectivity index (χ2n) is 8.66. The maximum Gasteiger partial charge on any atom is 0.243 e. The molecule has 1 aromatic heterocycles. The largest absolute Gasteiger partial charge is 0.379 e. The summed E-state index contributed by atoms with van der Waals surface area (Å²) in [6.07, 6.45) is 0.537. The van der Waals surface area contributed by atoms with Crippen molar-refractivity contribution in [1.29, 1.82) is 0 Å². The van der Waals surface area contributed by atoms with Crippen LogP contribution >= 0.6 is 0 Å². The second-order valence-corrected chi connectivity index (χ2v) is 12.2. The zero-order valence-corrected chi connectivity index (χ0v) is 21.7. The number of ether oxygens (including phenoxy) is 1. The van der Waals surface area contributed by atoms with Crippen LogP contribution in [-0.2, 0) is 43.0 Å². The molecule has 194 valence electrons. The normalized spacial score (nSPS) is 16.2. The summed E-state index contributed by atoms with van der Waals surface area (Å²) >= 11 is 0. The number of carbonyl (C=O) groups is 1. The number of imidazole rings is 1. The molecule has 0 saturated carbocycles. The van der Waals surface area contributed by atoms with Gasteiger partial charge < -0.3 is 14.6 Å². The predicted molar refractivity (Wildman–Crippen MR) is 133 cm³/mol. The summed E-state index contributed by atoms with van der Waals surface area (Å²) in [4.78, 5) is 17.3. The number of amides is 1. The summed E-state index contributed by atoms with van der Waals surface area (Å²) in [5.41, 5.74) is 2.06. The number of morpholine rings is 1. The van der Waals surface area contributed by atoms with Crippen LogP contribution in [0.2, 0.25) is 0 Å². The summed E-state index contributed by atoms with van der Waals surface area (Å²) in [7, 11) is -5.58. The van der Waals surface area contributed by atoms with E-state index in [4.69, 9.17) is 9.88 Å². The van der Waals surface area contributed by atoms with Crippen molar-refractivity contribution in [2.24, 2.45) is 12.2 Å². The van der Waals surface area contributed by atoms with E-state index in [1.54, 1.807) is 37.3 Å². The fraction of sp³-hybridized carbons (Fsp3) is 0.391. The zero-order valence-electron chi connectivity index (χ0n) is 20.0. The first-order valence-electron chi connectivity index (χ1n) is 11.4. The molecule has 0 radical (unpaired) electrons. The lowest BCUT2D eigenvalue weighted by molar-refractivity contribution is -0.121. The Morgan fingerprint density at radius 1 is 1.08 bits per heavy atom. The first-order chi connectivity index (χ1) is 17.0. The average molecular weight is 536 g/mol. The minimum absolute atomic E-state index is 0.00697. The summed E-state index contributed by atoms with van der Waals surface area (Å²) in [6, 6.07) is 10.6. The Labute approximate surface area is 210 Å². The molecular formula is C23H29N5O6S2. The van der Waals surface area contributed by atoms with Crippen molar-refractivity contribution >= 4 is 37.0 Å². The summed E-state index contributed by atoms with van der Waals surface area (Å²) in [5, 5.41) is 8.01. The van der Waals surface area contributed by atoms with Gasteiger partial charge in [0.1, 0.15) is 5.82 Å². The molecule has 3 aromatic rings. The van der Waals surface area contributed by atoms with E-state index in [2.05, 4.69) is 10.3 Å². The van der Waals surface area contributed by atoms with Crippen molar-refractivity contribution in [2.45, 2.75) is 35.6 Å². The highest BCUT2D eigenvalue weighted by Gasteiger charge is 2.27. The zero-order chi connectivity index (χ0) is 26.1. The Hall–Kier alpha value is -2.84. The van der Waals surface area contributed by atoms with Gasteiger partial charge in [-0.2, -0.15) is 4.31 Å². The van der Waals surface area contributed by atoms with Crippen LogP contribution in [-0.4, -0.2) is 62.9 Å². The van der Waals surface area contributed by atoms with Crippen LogP contribution in [0.25, 0.3) is 11.0 Å². The number of aryl methyl sites for hydroxylation is 2. The number of benzene rings is 2. The highest BCUT2D eigenvalue weighted by atomic mass is 32.2. The number of aromatic nitrogens is 2. The number of nitrogens with zero attached hydrogens (tertiary/aromatic N) is 3. The minimum Gasteiger partial charge on any atom is -0.379 e. The van der Waals surface area contributed by atoms with Gasteiger partial charge in [-0.25, -0.2) is 27.0 Å². The highest BCUT2D eigenvalue weighted by Crippen LogP contribution is 2.23. The van der Waals surface area contributed by atoms with E-state index in [9.17, 15) is 21.6 Å². The molecular weight excluding hydrogens is 506 g/mol. The van der Waals surface area contributed by atoms with Crippen molar-refractivity contribution in [3.8, 4) is 0 Å². The molecule has 13 heteroatoms. The van der Waals surface area contributed by atoms with Crippen molar-refractivity contribution in [3.05, 3.63) is 53.9 Å². The van der Waals surface area contributed by atoms with Gasteiger partial charge in [0, 0.05) is 33.0 Å². The van der Waals surface area contributed by atoms with Crippen LogP contribution in [0, 0.1) is 0 Å². The molecule has 11 nitrogen and oxygen atoms in total. The third kappa shape index (κ3) is 5.60. The van der Waals surface area contributed by atoms with Gasteiger partial charge >= 0.3 is 0 Å². The Morgan fingerprint density at radius 2 is 1.72 bits per heavy atom.